The number of pyridine rings is 2. The third-order valence-electron chi connectivity index (χ3n) is 3.07. The fraction of sp³-hybridized carbons (Fsp3) is 0.0769. The van der Waals surface area contributed by atoms with Crippen LogP contribution < -0.4 is 0 Å². The fourth-order valence-electron chi connectivity index (χ4n) is 2.16. The van der Waals surface area contributed by atoms with Gasteiger partial charge in [-0.3, -0.25) is 9.97 Å². The van der Waals surface area contributed by atoms with Crippen molar-refractivity contribution >= 4 is 31.9 Å². The SMILES string of the molecule is Cc1ccnc2c1ccc1c(S(=O)(=O)[O-])ccnc12. The van der Waals surface area contributed by atoms with E-state index >= 15 is 0 Å². The number of aryl methyl sites for hydroxylation is 1. The summed E-state index contributed by atoms with van der Waals surface area (Å²) in [6.45, 7) is 1.93. The Morgan fingerprint density at radius 3 is 2.21 bits per heavy atom. The van der Waals surface area contributed by atoms with Crippen LogP contribution in [0.4, 0.5) is 0 Å². The lowest BCUT2D eigenvalue weighted by Crippen LogP contribution is -2.00. The molecule has 3 rings (SSSR count). The van der Waals surface area contributed by atoms with Gasteiger partial charge in [-0.2, -0.15) is 0 Å². The molecule has 5 nitrogen and oxygen atoms in total. The quantitative estimate of drug-likeness (QED) is 0.500. The van der Waals surface area contributed by atoms with Gasteiger partial charge < -0.3 is 4.55 Å². The van der Waals surface area contributed by atoms with Gasteiger partial charge in [0.1, 0.15) is 10.1 Å². The monoisotopic (exact) mass is 273 g/mol. The molecule has 0 aliphatic heterocycles. The fourth-order valence-corrected chi connectivity index (χ4v) is 2.82. The molecule has 0 aliphatic carbocycles. The molecule has 6 heteroatoms. The van der Waals surface area contributed by atoms with Crippen LogP contribution in [0.1, 0.15) is 5.56 Å². The lowest BCUT2D eigenvalue weighted by atomic mass is 10.1. The molecule has 2 aromatic heterocycles. The van der Waals surface area contributed by atoms with E-state index in [-0.39, 0.29) is 4.90 Å². The van der Waals surface area contributed by atoms with Gasteiger partial charge in [-0.1, -0.05) is 12.1 Å². The lowest BCUT2D eigenvalue weighted by molar-refractivity contribution is 0.464. The second-order valence-corrected chi connectivity index (χ2v) is 5.60. The average Bonchev–Trinajstić information content (AvgIpc) is 2.37. The number of benzene rings is 1. The second kappa shape index (κ2) is 3.97. The molecule has 0 amide bonds. The number of nitrogens with zero attached hydrogens (tertiary/aromatic N) is 2. The summed E-state index contributed by atoms with van der Waals surface area (Å²) in [6.07, 6.45) is 2.95. The van der Waals surface area contributed by atoms with Crippen LogP contribution in [0.3, 0.4) is 0 Å². The minimum atomic E-state index is -4.53. The largest absolute Gasteiger partial charge is 0.744 e. The summed E-state index contributed by atoms with van der Waals surface area (Å²) in [5, 5.41) is 1.20. The summed E-state index contributed by atoms with van der Waals surface area (Å²) in [5.41, 5.74) is 2.05. The minimum Gasteiger partial charge on any atom is -0.744 e. The molecule has 96 valence electrons. The predicted molar refractivity (Wildman–Crippen MR) is 69.7 cm³/mol. The number of fused-ring (bicyclic) bond motifs is 3. The Morgan fingerprint density at radius 2 is 1.53 bits per heavy atom. The summed E-state index contributed by atoms with van der Waals surface area (Å²) >= 11 is 0. The van der Waals surface area contributed by atoms with Crippen LogP contribution >= 0.6 is 0 Å². The van der Waals surface area contributed by atoms with Gasteiger partial charge in [0.05, 0.1) is 15.9 Å². The maximum atomic E-state index is 11.2. The number of rotatable bonds is 1. The first-order chi connectivity index (χ1) is 8.98. The van der Waals surface area contributed by atoms with Crippen molar-refractivity contribution in [2.24, 2.45) is 0 Å². The zero-order valence-electron chi connectivity index (χ0n) is 9.99. The van der Waals surface area contributed by atoms with E-state index in [2.05, 4.69) is 9.97 Å². The van der Waals surface area contributed by atoms with Crippen LogP contribution in [0.2, 0.25) is 0 Å². The number of hydrogen-bond donors (Lipinski definition) is 0. The maximum absolute atomic E-state index is 11.2. The molecule has 19 heavy (non-hydrogen) atoms. The van der Waals surface area contributed by atoms with E-state index in [1.807, 2.05) is 13.0 Å². The molecule has 0 bridgehead atoms. The van der Waals surface area contributed by atoms with Crippen molar-refractivity contribution in [2.45, 2.75) is 11.8 Å². The molecule has 0 aliphatic rings. The summed E-state index contributed by atoms with van der Waals surface area (Å²) in [7, 11) is -4.53. The summed E-state index contributed by atoms with van der Waals surface area (Å²) in [6, 6.07) is 6.44. The van der Waals surface area contributed by atoms with Gasteiger partial charge in [0.15, 0.2) is 0 Å². The molecular formula is C13H9N2O3S-. The van der Waals surface area contributed by atoms with Crippen LogP contribution in [0, 0.1) is 6.92 Å². The Kier molecular flexibility index (Phi) is 2.51. The highest BCUT2D eigenvalue weighted by Crippen LogP contribution is 2.28. The summed E-state index contributed by atoms with van der Waals surface area (Å²) < 4.78 is 33.7. The molecule has 0 saturated carbocycles. The van der Waals surface area contributed by atoms with Crippen molar-refractivity contribution in [1.29, 1.82) is 0 Å². The number of hydrogen-bond acceptors (Lipinski definition) is 5. The molecular weight excluding hydrogens is 264 g/mol. The zero-order chi connectivity index (χ0) is 13.6. The first-order valence-electron chi connectivity index (χ1n) is 5.57. The van der Waals surface area contributed by atoms with E-state index in [4.69, 9.17) is 0 Å². The molecule has 0 spiro atoms. The van der Waals surface area contributed by atoms with Crippen LogP contribution in [-0.4, -0.2) is 22.9 Å². The van der Waals surface area contributed by atoms with Crippen molar-refractivity contribution in [2.75, 3.05) is 0 Å². The lowest BCUT2D eigenvalue weighted by Gasteiger charge is -2.11. The van der Waals surface area contributed by atoms with E-state index in [0.717, 1.165) is 10.9 Å². The van der Waals surface area contributed by atoms with Gasteiger partial charge in [0.25, 0.3) is 0 Å². The summed E-state index contributed by atoms with van der Waals surface area (Å²) in [5.74, 6) is 0. The topological polar surface area (TPSA) is 83.0 Å². The molecule has 0 saturated heterocycles. The third kappa shape index (κ3) is 1.85. The molecule has 3 aromatic rings. The van der Waals surface area contributed by atoms with E-state index in [1.165, 1.54) is 12.3 Å². The van der Waals surface area contributed by atoms with E-state index < -0.39 is 10.1 Å². The minimum absolute atomic E-state index is 0.261. The molecule has 0 fully saturated rings. The Balaban J connectivity index is 2.56. The molecule has 0 atom stereocenters. The maximum Gasteiger partial charge on any atom is 0.125 e. The van der Waals surface area contributed by atoms with Gasteiger partial charge in [-0.25, -0.2) is 8.42 Å². The summed E-state index contributed by atoms with van der Waals surface area (Å²) in [4.78, 5) is 8.13. The van der Waals surface area contributed by atoms with Gasteiger partial charge >= 0.3 is 0 Å². The second-order valence-electron chi connectivity index (χ2n) is 4.25. The molecule has 0 unspecified atom stereocenters. The first-order valence-corrected chi connectivity index (χ1v) is 6.98. The van der Waals surface area contributed by atoms with E-state index in [9.17, 15) is 13.0 Å². The smallest absolute Gasteiger partial charge is 0.125 e. The third-order valence-corrected chi connectivity index (χ3v) is 3.96. The van der Waals surface area contributed by atoms with Crippen molar-refractivity contribution in [3.8, 4) is 0 Å². The predicted octanol–water partition coefficient (Wildman–Crippen LogP) is 2.00. The van der Waals surface area contributed by atoms with Crippen molar-refractivity contribution in [3.05, 3.63) is 42.2 Å². The van der Waals surface area contributed by atoms with Crippen LogP contribution in [0.25, 0.3) is 21.8 Å². The van der Waals surface area contributed by atoms with Crippen molar-refractivity contribution in [3.63, 3.8) is 0 Å². The number of aromatic nitrogens is 2. The highest BCUT2D eigenvalue weighted by atomic mass is 32.2. The van der Waals surface area contributed by atoms with Crippen molar-refractivity contribution in [1.82, 2.24) is 9.97 Å². The highest BCUT2D eigenvalue weighted by molar-refractivity contribution is 7.86. The zero-order valence-corrected chi connectivity index (χ0v) is 10.8. The van der Waals surface area contributed by atoms with Gasteiger partial charge in [-0.15, -0.1) is 0 Å². The Hall–Kier alpha value is -2.05. The van der Waals surface area contributed by atoms with Gasteiger partial charge in [0, 0.05) is 23.2 Å². The standard InChI is InChI=1S/C13H10N2O3S/c1-8-4-6-14-12-9(8)2-3-10-11(19(16,17)18)5-7-15-13(10)12/h2-7H,1H3,(H,16,17,18)/p-1. The normalized spacial score (nSPS) is 12.1. The molecule has 0 N–H and O–H groups in total. The van der Waals surface area contributed by atoms with Crippen LogP contribution in [0.15, 0.2) is 41.6 Å². The van der Waals surface area contributed by atoms with Gasteiger partial charge in [-0.05, 0) is 24.6 Å². The first kappa shape index (κ1) is 12.0. The molecule has 0 radical (unpaired) electrons. The molecule has 2 heterocycles. The van der Waals surface area contributed by atoms with Crippen LogP contribution in [0.5, 0.6) is 0 Å². The van der Waals surface area contributed by atoms with Crippen LogP contribution in [-0.2, 0) is 10.1 Å². The van der Waals surface area contributed by atoms with E-state index in [0.29, 0.717) is 16.4 Å². The Bertz CT molecular complexity index is 904. The Labute approximate surface area is 109 Å². The van der Waals surface area contributed by atoms with Gasteiger partial charge in [0.2, 0.25) is 0 Å². The highest BCUT2D eigenvalue weighted by Gasteiger charge is 2.11. The molecule has 1 aromatic carbocycles. The van der Waals surface area contributed by atoms with E-state index in [1.54, 1.807) is 18.3 Å². The average molecular weight is 273 g/mol. The Morgan fingerprint density at radius 1 is 0.947 bits per heavy atom. The van der Waals surface area contributed by atoms with Crippen molar-refractivity contribution < 1.29 is 13.0 Å².